The second kappa shape index (κ2) is 6.76. The van der Waals surface area contributed by atoms with Crippen LogP contribution in [0.15, 0.2) is 48.7 Å². The Bertz CT molecular complexity index is 892. The molecule has 134 valence electrons. The van der Waals surface area contributed by atoms with Crippen molar-refractivity contribution >= 4 is 16.6 Å². The number of nitrogens with one attached hydrogen (secondary N) is 3. The van der Waals surface area contributed by atoms with E-state index in [4.69, 9.17) is 0 Å². The molecule has 4 heteroatoms. The second-order valence-corrected chi connectivity index (χ2v) is 7.82. The van der Waals surface area contributed by atoms with E-state index in [9.17, 15) is 0 Å². The zero-order chi connectivity index (χ0) is 17.3. The molecule has 4 nitrogen and oxygen atoms in total. The zero-order valence-corrected chi connectivity index (χ0v) is 15.0. The predicted molar refractivity (Wildman–Crippen MR) is 106 cm³/mol. The van der Waals surface area contributed by atoms with Crippen molar-refractivity contribution in [2.24, 2.45) is 0 Å². The Hall–Kier alpha value is -2.33. The summed E-state index contributed by atoms with van der Waals surface area (Å²) in [5.41, 5.74) is 5.37. The van der Waals surface area contributed by atoms with Crippen molar-refractivity contribution in [2.75, 3.05) is 5.32 Å². The minimum atomic E-state index is 0.559. The van der Waals surface area contributed by atoms with Gasteiger partial charge in [0.05, 0.1) is 11.7 Å². The lowest BCUT2D eigenvalue weighted by Gasteiger charge is -2.32. The minimum Gasteiger partial charge on any atom is -0.382 e. The molecule has 0 aliphatic heterocycles. The first-order chi connectivity index (χ1) is 12.8. The Morgan fingerprint density at radius 2 is 1.77 bits per heavy atom. The molecule has 0 bridgehead atoms. The number of H-pyrrole nitrogens is 1. The Labute approximate surface area is 154 Å². The van der Waals surface area contributed by atoms with Gasteiger partial charge in [-0.2, -0.15) is 5.10 Å². The molecule has 1 heterocycles. The van der Waals surface area contributed by atoms with Crippen LogP contribution in [-0.4, -0.2) is 22.3 Å². The molecule has 1 aromatic heterocycles. The Morgan fingerprint density at radius 1 is 0.923 bits per heavy atom. The number of benzene rings is 2. The van der Waals surface area contributed by atoms with Crippen LogP contribution >= 0.6 is 0 Å². The van der Waals surface area contributed by atoms with Gasteiger partial charge in [-0.05, 0) is 67.9 Å². The van der Waals surface area contributed by atoms with Crippen LogP contribution in [0.1, 0.15) is 49.3 Å². The summed E-state index contributed by atoms with van der Waals surface area (Å²) in [5, 5.41) is 15.9. The highest BCUT2D eigenvalue weighted by Crippen LogP contribution is 2.33. The maximum atomic E-state index is 4.10. The highest BCUT2D eigenvalue weighted by molar-refractivity contribution is 5.81. The van der Waals surface area contributed by atoms with E-state index in [0.29, 0.717) is 18.1 Å². The zero-order valence-electron chi connectivity index (χ0n) is 15.0. The number of aromatic nitrogens is 2. The van der Waals surface area contributed by atoms with Crippen LogP contribution in [-0.2, 0) is 6.42 Å². The fourth-order valence-corrected chi connectivity index (χ4v) is 4.69. The summed E-state index contributed by atoms with van der Waals surface area (Å²) in [7, 11) is 0. The third-order valence-electron chi connectivity index (χ3n) is 6.11. The molecule has 0 amide bonds. The van der Waals surface area contributed by atoms with Crippen LogP contribution in [0, 0.1) is 0 Å². The van der Waals surface area contributed by atoms with Crippen LogP contribution in [0.25, 0.3) is 10.9 Å². The number of aryl methyl sites for hydroxylation is 1. The predicted octanol–water partition coefficient (Wildman–Crippen LogP) is 4.56. The Balaban J connectivity index is 1.16. The summed E-state index contributed by atoms with van der Waals surface area (Å²) in [5.74, 6) is 0. The average molecular weight is 346 g/mol. The molecule has 2 aromatic carbocycles. The van der Waals surface area contributed by atoms with Crippen molar-refractivity contribution in [3.05, 3.63) is 59.8 Å². The maximum Gasteiger partial charge on any atom is 0.0651 e. The van der Waals surface area contributed by atoms with Crippen molar-refractivity contribution in [1.82, 2.24) is 15.5 Å². The molecular weight excluding hydrogens is 320 g/mol. The van der Waals surface area contributed by atoms with Gasteiger partial charge in [-0.25, -0.2) is 0 Å². The van der Waals surface area contributed by atoms with Crippen molar-refractivity contribution in [3.8, 4) is 0 Å². The van der Waals surface area contributed by atoms with E-state index in [1.54, 1.807) is 0 Å². The molecule has 1 fully saturated rings. The number of hydrogen-bond donors (Lipinski definition) is 3. The van der Waals surface area contributed by atoms with E-state index in [0.717, 1.165) is 5.52 Å². The fourth-order valence-electron chi connectivity index (χ4n) is 4.69. The fraction of sp³-hybridized carbons (Fsp3) is 0.409. The molecule has 2 aliphatic rings. The monoisotopic (exact) mass is 346 g/mol. The largest absolute Gasteiger partial charge is 0.382 e. The number of nitrogens with zero attached hydrogens (tertiary/aromatic N) is 1. The van der Waals surface area contributed by atoms with Gasteiger partial charge >= 0.3 is 0 Å². The van der Waals surface area contributed by atoms with E-state index in [1.165, 1.54) is 60.7 Å². The minimum absolute atomic E-state index is 0.559. The van der Waals surface area contributed by atoms with E-state index in [-0.39, 0.29) is 0 Å². The van der Waals surface area contributed by atoms with Crippen LogP contribution in [0.3, 0.4) is 0 Å². The maximum absolute atomic E-state index is 4.10. The molecule has 5 rings (SSSR count). The van der Waals surface area contributed by atoms with E-state index < -0.39 is 0 Å². The summed E-state index contributed by atoms with van der Waals surface area (Å²) < 4.78 is 0. The molecule has 1 unspecified atom stereocenters. The van der Waals surface area contributed by atoms with Crippen LogP contribution in [0.4, 0.5) is 5.69 Å². The van der Waals surface area contributed by atoms with Crippen molar-refractivity contribution in [2.45, 2.75) is 56.7 Å². The standard InChI is InChI=1S/C22H26N4/c1-2-4-20-15(3-1)5-11-22(20)25-18-8-6-17(7-9-18)24-19-10-12-21-16(13-19)14-23-26-21/h1-4,10,12-14,17-18,22,24-25H,5-9,11H2,(H,23,26)/t17-,18+,22?. The molecule has 0 spiro atoms. The van der Waals surface area contributed by atoms with E-state index in [2.05, 4.69) is 63.3 Å². The average Bonchev–Trinajstić information content (AvgIpc) is 3.30. The van der Waals surface area contributed by atoms with Gasteiger partial charge < -0.3 is 10.6 Å². The molecule has 26 heavy (non-hydrogen) atoms. The van der Waals surface area contributed by atoms with Crippen LogP contribution < -0.4 is 10.6 Å². The SMILES string of the molecule is c1ccc2c(c1)CCC2N[C@H]1CC[C@@H](Nc2ccc3[nH]ncc3c2)CC1. The van der Waals surface area contributed by atoms with Crippen molar-refractivity contribution in [1.29, 1.82) is 0 Å². The number of rotatable bonds is 4. The highest BCUT2D eigenvalue weighted by Gasteiger charge is 2.27. The summed E-state index contributed by atoms with van der Waals surface area (Å²) >= 11 is 0. The molecule has 0 saturated heterocycles. The van der Waals surface area contributed by atoms with Crippen LogP contribution in [0.2, 0.25) is 0 Å². The topological polar surface area (TPSA) is 52.7 Å². The smallest absolute Gasteiger partial charge is 0.0651 e. The summed E-state index contributed by atoms with van der Waals surface area (Å²) in [6.45, 7) is 0. The number of fused-ring (bicyclic) bond motifs is 2. The van der Waals surface area contributed by atoms with Gasteiger partial charge in [0.1, 0.15) is 0 Å². The molecule has 1 saturated carbocycles. The van der Waals surface area contributed by atoms with Gasteiger partial charge in [-0.3, -0.25) is 5.10 Å². The molecular formula is C22H26N4. The molecule has 3 N–H and O–H groups in total. The number of hydrogen-bond acceptors (Lipinski definition) is 3. The first-order valence-electron chi connectivity index (χ1n) is 9.89. The highest BCUT2D eigenvalue weighted by atomic mass is 15.1. The van der Waals surface area contributed by atoms with E-state index >= 15 is 0 Å². The van der Waals surface area contributed by atoms with Gasteiger partial charge in [0.25, 0.3) is 0 Å². The number of anilines is 1. The van der Waals surface area contributed by atoms with Gasteiger partial charge in [0.2, 0.25) is 0 Å². The number of aromatic amines is 1. The quantitative estimate of drug-likeness (QED) is 0.649. The lowest BCUT2D eigenvalue weighted by Crippen LogP contribution is -2.38. The first-order valence-corrected chi connectivity index (χ1v) is 9.89. The third-order valence-corrected chi connectivity index (χ3v) is 6.11. The Kier molecular flexibility index (Phi) is 4.13. The van der Waals surface area contributed by atoms with Gasteiger partial charge in [-0.1, -0.05) is 24.3 Å². The third kappa shape index (κ3) is 3.10. The normalized spacial score (nSPS) is 25.3. The summed E-state index contributed by atoms with van der Waals surface area (Å²) in [6.07, 6.45) is 9.34. The Morgan fingerprint density at radius 3 is 2.69 bits per heavy atom. The molecule has 3 aromatic rings. The lowest BCUT2D eigenvalue weighted by atomic mass is 9.90. The lowest BCUT2D eigenvalue weighted by molar-refractivity contribution is 0.323. The van der Waals surface area contributed by atoms with Crippen LogP contribution in [0.5, 0.6) is 0 Å². The summed E-state index contributed by atoms with van der Waals surface area (Å²) in [6, 6.07) is 17.2. The van der Waals surface area contributed by atoms with E-state index in [1.807, 2.05) is 6.20 Å². The summed E-state index contributed by atoms with van der Waals surface area (Å²) in [4.78, 5) is 0. The van der Waals surface area contributed by atoms with Gasteiger partial charge in [0, 0.05) is 29.2 Å². The second-order valence-electron chi connectivity index (χ2n) is 7.82. The molecule has 2 aliphatic carbocycles. The molecule has 0 radical (unpaired) electrons. The van der Waals surface area contributed by atoms with Crippen molar-refractivity contribution < 1.29 is 0 Å². The van der Waals surface area contributed by atoms with Gasteiger partial charge in [0.15, 0.2) is 0 Å². The molecule has 1 atom stereocenters. The van der Waals surface area contributed by atoms with Crippen molar-refractivity contribution in [3.63, 3.8) is 0 Å². The van der Waals surface area contributed by atoms with Gasteiger partial charge in [-0.15, -0.1) is 0 Å². The first kappa shape index (κ1) is 15.9.